The number of nitrogens with zero attached hydrogens (tertiary/aromatic N) is 1. The summed E-state index contributed by atoms with van der Waals surface area (Å²) in [6.07, 6.45) is 1.41. The molecule has 0 spiro atoms. The first-order valence-electron chi connectivity index (χ1n) is 5.07. The Labute approximate surface area is 84.8 Å². The Bertz CT molecular complexity index is 208. The third-order valence-electron chi connectivity index (χ3n) is 3.02. The molecule has 1 aliphatic heterocycles. The van der Waals surface area contributed by atoms with Crippen LogP contribution in [0.5, 0.6) is 0 Å². The van der Waals surface area contributed by atoms with Gasteiger partial charge >= 0.3 is 5.97 Å². The molecule has 0 bridgehead atoms. The Morgan fingerprint density at radius 2 is 2.36 bits per heavy atom. The predicted octanol–water partition coefficient (Wildman–Crippen LogP) is 0.959. The summed E-state index contributed by atoms with van der Waals surface area (Å²) in [5, 5.41) is 8.68. The van der Waals surface area contributed by atoms with Gasteiger partial charge in [0.05, 0.1) is 12.5 Å². The average Bonchev–Trinajstić information content (AvgIpc) is 2.48. The molecule has 1 aliphatic rings. The summed E-state index contributed by atoms with van der Waals surface area (Å²) in [7, 11) is 1.98. The normalized spacial score (nSPS) is 29.4. The standard InChI is InChI=1S/C10H19NO3/c1-7(6-10(12)13)11(3)9-4-5-14-8(9)2/h7-9H,4-6H2,1-3H3,(H,12,13). The van der Waals surface area contributed by atoms with Gasteiger partial charge in [0.1, 0.15) is 0 Å². The first-order valence-corrected chi connectivity index (χ1v) is 5.07. The molecule has 0 amide bonds. The van der Waals surface area contributed by atoms with Crippen LogP contribution in [0.25, 0.3) is 0 Å². The maximum atomic E-state index is 10.6. The highest BCUT2D eigenvalue weighted by Gasteiger charge is 2.30. The third kappa shape index (κ3) is 2.69. The molecule has 0 aliphatic carbocycles. The molecule has 14 heavy (non-hydrogen) atoms. The first-order chi connectivity index (χ1) is 6.52. The van der Waals surface area contributed by atoms with Crippen LogP contribution in [0.4, 0.5) is 0 Å². The minimum atomic E-state index is -0.740. The van der Waals surface area contributed by atoms with Crippen molar-refractivity contribution in [3.63, 3.8) is 0 Å². The van der Waals surface area contributed by atoms with E-state index in [1.165, 1.54) is 0 Å². The lowest BCUT2D eigenvalue weighted by molar-refractivity contribution is -0.138. The number of likely N-dealkylation sites (N-methyl/N-ethyl adjacent to an activating group) is 1. The lowest BCUT2D eigenvalue weighted by Gasteiger charge is -2.31. The van der Waals surface area contributed by atoms with Crippen LogP contribution in [0.2, 0.25) is 0 Å². The number of carboxylic acids is 1. The van der Waals surface area contributed by atoms with E-state index < -0.39 is 5.97 Å². The van der Waals surface area contributed by atoms with Crippen LogP contribution in [0.15, 0.2) is 0 Å². The second-order valence-electron chi connectivity index (χ2n) is 4.04. The second-order valence-corrected chi connectivity index (χ2v) is 4.04. The zero-order valence-corrected chi connectivity index (χ0v) is 9.06. The largest absolute Gasteiger partial charge is 0.481 e. The van der Waals surface area contributed by atoms with Crippen molar-refractivity contribution in [3.8, 4) is 0 Å². The van der Waals surface area contributed by atoms with Crippen molar-refractivity contribution in [1.29, 1.82) is 0 Å². The van der Waals surface area contributed by atoms with Crippen LogP contribution in [0.1, 0.15) is 26.7 Å². The zero-order valence-electron chi connectivity index (χ0n) is 9.06. The van der Waals surface area contributed by atoms with Crippen LogP contribution in [0, 0.1) is 0 Å². The van der Waals surface area contributed by atoms with Gasteiger partial charge in [-0.25, -0.2) is 0 Å². The topological polar surface area (TPSA) is 49.8 Å². The highest BCUT2D eigenvalue weighted by molar-refractivity contribution is 5.67. The molecule has 0 saturated carbocycles. The summed E-state index contributed by atoms with van der Waals surface area (Å²) in [6.45, 7) is 4.77. The number of rotatable bonds is 4. The summed E-state index contributed by atoms with van der Waals surface area (Å²) in [5.74, 6) is -0.740. The van der Waals surface area contributed by atoms with E-state index in [9.17, 15) is 4.79 Å². The summed E-state index contributed by atoms with van der Waals surface area (Å²) >= 11 is 0. The monoisotopic (exact) mass is 201 g/mol. The maximum absolute atomic E-state index is 10.6. The summed E-state index contributed by atoms with van der Waals surface area (Å²) in [4.78, 5) is 12.7. The van der Waals surface area contributed by atoms with E-state index >= 15 is 0 Å². The molecule has 1 N–H and O–H groups in total. The van der Waals surface area contributed by atoms with Crippen molar-refractivity contribution >= 4 is 5.97 Å². The van der Waals surface area contributed by atoms with Gasteiger partial charge in [0, 0.05) is 18.7 Å². The molecule has 4 heteroatoms. The number of hydrogen-bond acceptors (Lipinski definition) is 3. The highest BCUT2D eigenvalue weighted by Crippen LogP contribution is 2.20. The second kappa shape index (κ2) is 4.75. The number of carboxylic acid groups (broad SMARTS) is 1. The Morgan fingerprint density at radius 1 is 1.71 bits per heavy atom. The zero-order chi connectivity index (χ0) is 10.7. The molecule has 1 fully saturated rings. The predicted molar refractivity (Wildman–Crippen MR) is 53.3 cm³/mol. The van der Waals surface area contributed by atoms with E-state index in [4.69, 9.17) is 9.84 Å². The minimum absolute atomic E-state index is 0.0710. The van der Waals surface area contributed by atoms with Crippen molar-refractivity contribution in [2.75, 3.05) is 13.7 Å². The summed E-state index contributed by atoms with van der Waals surface area (Å²) < 4.78 is 5.45. The van der Waals surface area contributed by atoms with Crippen molar-refractivity contribution in [2.24, 2.45) is 0 Å². The van der Waals surface area contributed by atoms with Gasteiger partial charge in [-0.1, -0.05) is 0 Å². The molecule has 0 aromatic rings. The molecule has 1 rings (SSSR count). The van der Waals surface area contributed by atoms with Gasteiger partial charge in [-0.15, -0.1) is 0 Å². The molecule has 4 nitrogen and oxygen atoms in total. The van der Waals surface area contributed by atoms with Gasteiger partial charge in [-0.3, -0.25) is 9.69 Å². The highest BCUT2D eigenvalue weighted by atomic mass is 16.5. The lowest BCUT2D eigenvalue weighted by Crippen LogP contribution is -2.43. The molecule has 3 atom stereocenters. The minimum Gasteiger partial charge on any atom is -0.481 e. The Balaban J connectivity index is 2.46. The number of carbonyl (C=O) groups is 1. The number of aliphatic carboxylic acids is 1. The van der Waals surface area contributed by atoms with Crippen LogP contribution >= 0.6 is 0 Å². The molecule has 0 aromatic heterocycles. The fourth-order valence-electron chi connectivity index (χ4n) is 1.98. The van der Waals surface area contributed by atoms with Crippen LogP contribution in [-0.4, -0.2) is 47.8 Å². The number of ether oxygens (including phenoxy) is 1. The van der Waals surface area contributed by atoms with Crippen molar-refractivity contribution < 1.29 is 14.6 Å². The Kier molecular flexibility index (Phi) is 3.89. The quantitative estimate of drug-likeness (QED) is 0.736. The Hall–Kier alpha value is -0.610. The third-order valence-corrected chi connectivity index (χ3v) is 3.02. The van der Waals surface area contributed by atoms with Crippen LogP contribution < -0.4 is 0 Å². The summed E-state index contributed by atoms with van der Waals surface area (Å²) in [6, 6.07) is 0.436. The molecule has 0 aromatic carbocycles. The van der Waals surface area contributed by atoms with E-state index in [2.05, 4.69) is 4.90 Å². The van der Waals surface area contributed by atoms with Crippen LogP contribution in [-0.2, 0) is 9.53 Å². The van der Waals surface area contributed by atoms with Gasteiger partial charge in [-0.05, 0) is 27.3 Å². The fourth-order valence-corrected chi connectivity index (χ4v) is 1.98. The maximum Gasteiger partial charge on any atom is 0.304 e. The molecule has 1 saturated heterocycles. The molecular weight excluding hydrogens is 182 g/mol. The van der Waals surface area contributed by atoms with Crippen LogP contribution in [0.3, 0.4) is 0 Å². The van der Waals surface area contributed by atoms with Crippen molar-refractivity contribution in [3.05, 3.63) is 0 Å². The van der Waals surface area contributed by atoms with E-state index in [0.29, 0.717) is 6.04 Å². The van der Waals surface area contributed by atoms with Gasteiger partial charge < -0.3 is 9.84 Å². The number of hydrogen-bond donors (Lipinski definition) is 1. The van der Waals surface area contributed by atoms with E-state index in [1.54, 1.807) is 0 Å². The molecule has 3 unspecified atom stereocenters. The molecule has 0 radical (unpaired) electrons. The van der Waals surface area contributed by atoms with Gasteiger partial charge in [-0.2, -0.15) is 0 Å². The van der Waals surface area contributed by atoms with E-state index in [-0.39, 0.29) is 18.6 Å². The molecule has 82 valence electrons. The fraction of sp³-hybridized carbons (Fsp3) is 0.900. The van der Waals surface area contributed by atoms with Gasteiger partial charge in [0.2, 0.25) is 0 Å². The lowest BCUT2D eigenvalue weighted by atomic mass is 10.1. The smallest absolute Gasteiger partial charge is 0.304 e. The van der Waals surface area contributed by atoms with Crippen molar-refractivity contribution in [1.82, 2.24) is 4.90 Å². The van der Waals surface area contributed by atoms with E-state index in [1.807, 2.05) is 20.9 Å². The van der Waals surface area contributed by atoms with Gasteiger partial charge in [0.25, 0.3) is 0 Å². The van der Waals surface area contributed by atoms with E-state index in [0.717, 1.165) is 13.0 Å². The van der Waals surface area contributed by atoms with Crippen molar-refractivity contribution in [2.45, 2.75) is 44.9 Å². The molecule has 1 heterocycles. The first kappa shape index (κ1) is 11.5. The Morgan fingerprint density at radius 3 is 2.79 bits per heavy atom. The van der Waals surface area contributed by atoms with Gasteiger partial charge in [0.15, 0.2) is 0 Å². The SMILES string of the molecule is CC1OCCC1N(C)C(C)CC(=O)O. The molecular formula is C10H19NO3. The average molecular weight is 201 g/mol. The summed E-state index contributed by atoms with van der Waals surface area (Å²) in [5.41, 5.74) is 0.